The quantitative estimate of drug-likeness (QED) is 0.155. The second kappa shape index (κ2) is 15.6. The monoisotopic (exact) mass is 738 g/mol. The Morgan fingerprint density at radius 1 is 0.327 bits per heavy atom. The summed E-state index contributed by atoms with van der Waals surface area (Å²) in [6.45, 7) is 32.3. The number of hydrogen-bond acceptors (Lipinski definition) is 4. The Bertz CT molecular complexity index is 2370. The SMILES string of the molecule is CC(C)(C)c1cc2ccccc2o1.Cc1ccc2cc(C(C)(C)C)oc2c1.Cc1ccc2oc(C(C)(C)C)cc2c1.Cc1cccc2oc(C(C)(C)C)cc12. The number of aryl methyl sites for hydroxylation is 3. The molecule has 4 aromatic heterocycles. The molecule has 4 aromatic carbocycles. The van der Waals surface area contributed by atoms with Crippen molar-refractivity contribution in [3.63, 3.8) is 0 Å². The van der Waals surface area contributed by atoms with Crippen LogP contribution >= 0.6 is 0 Å². The van der Waals surface area contributed by atoms with E-state index >= 15 is 0 Å². The second-order valence-corrected chi connectivity index (χ2v) is 19.0. The summed E-state index contributed by atoms with van der Waals surface area (Å²) in [7, 11) is 0. The molecule has 0 saturated heterocycles. The summed E-state index contributed by atoms with van der Waals surface area (Å²) in [5.41, 5.74) is 8.12. The third-order valence-corrected chi connectivity index (χ3v) is 9.51. The molecule has 0 aliphatic rings. The van der Waals surface area contributed by atoms with Crippen molar-refractivity contribution < 1.29 is 17.7 Å². The average Bonchev–Trinajstić information content (AvgIpc) is 3.88. The van der Waals surface area contributed by atoms with Crippen molar-refractivity contribution in [1.82, 2.24) is 0 Å². The van der Waals surface area contributed by atoms with E-state index in [1.807, 2.05) is 36.4 Å². The van der Waals surface area contributed by atoms with Crippen LogP contribution in [0.4, 0.5) is 0 Å². The van der Waals surface area contributed by atoms with E-state index in [2.05, 4.69) is 171 Å². The van der Waals surface area contributed by atoms with Crippen LogP contribution in [-0.4, -0.2) is 0 Å². The maximum absolute atomic E-state index is 5.81. The minimum atomic E-state index is 0.0888. The molecule has 0 bridgehead atoms. The van der Waals surface area contributed by atoms with Crippen molar-refractivity contribution in [1.29, 1.82) is 0 Å². The molecular weight excluding hydrogens is 677 g/mol. The minimum absolute atomic E-state index is 0.0888. The van der Waals surface area contributed by atoms with Gasteiger partial charge in [-0.15, -0.1) is 0 Å². The van der Waals surface area contributed by atoms with E-state index < -0.39 is 0 Å². The molecule has 0 aliphatic heterocycles. The Morgan fingerprint density at radius 3 is 1.29 bits per heavy atom. The minimum Gasteiger partial charge on any atom is -0.461 e. The standard InChI is InChI=1S/3C13H16O.C12H14O/c1-9-5-6-11-10(7-9)8-12(14-11)13(2,3)4;1-9-5-6-10-8-12(13(2,3)4)14-11(10)7-9;1-9-6-5-7-11-10(9)8-12(14-11)13(2,3)4;1-12(2,3)11-8-9-6-4-5-7-10(9)13-11/h3*5-8H,1-4H3;4-8H,1-3H3. The van der Waals surface area contributed by atoms with Crippen LogP contribution in [0, 0.1) is 20.8 Å². The second-order valence-electron chi connectivity index (χ2n) is 19.0. The van der Waals surface area contributed by atoms with E-state index in [0.717, 1.165) is 45.4 Å². The fraction of sp³-hybridized carbons (Fsp3) is 0.373. The van der Waals surface area contributed by atoms with Gasteiger partial charge < -0.3 is 17.7 Å². The molecule has 8 rings (SSSR count). The van der Waals surface area contributed by atoms with Crippen LogP contribution < -0.4 is 0 Å². The first-order valence-electron chi connectivity index (χ1n) is 19.5. The zero-order valence-corrected chi connectivity index (χ0v) is 35.9. The van der Waals surface area contributed by atoms with Crippen molar-refractivity contribution >= 4 is 43.9 Å². The molecule has 4 heteroatoms. The summed E-state index contributed by atoms with van der Waals surface area (Å²) in [5, 5.41) is 4.82. The summed E-state index contributed by atoms with van der Waals surface area (Å²) in [5.74, 6) is 4.21. The molecule has 0 aliphatic carbocycles. The van der Waals surface area contributed by atoms with Gasteiger partial charge in [0, 0.05) is 43.2 Å². The third-order valence-electron chi connectivity index (χ3n) is 9.51. The average molecular weight is 739 g/mol. The molecule has 55 heavy (non-hydrogen) atoms. The Kier molecular flexibility index (Phi) is 11.7. The predicted molar refractivity (Wildman–Crippen MR) is 234 cm³/mol. The van der Waals surface area contributed by atoms with Crippen molar-refractivity contribution in [2.45, 2.75) is 126 Å². The first-order chi connectivity index (χ1) is 25.5. The highest BCUT2D eigenvalue weighted by molar-refractivity contribution is 5.82. The highest BCUT2D eigenvalue weighted by atomic mass is 16.3. The summed E-state index contributed by atoms with van der Waals surface area (Å²) >= 11 is 0. The number of rotatable bonds is 0. The lowest BCUT2D eigenvalue weighted by molar-refractivity contribution is 0.430. The fourth-order valence-corrected chi connectivity index (χ4v) is 5.97. The van der Waals surface area contributed by atoms with Gasteiger partial charge in [-0.2, -0.15) is 0 Å². The van der Waals surface area contributed by atoms with Crippen LogP contribution in [0.25, 0.3) is 43.9 Å². The van der Waals surface area contributed by atoms with E-state index in [9.17, 15) is 0 Å². The fourth-order valence-electron chi connectivity index (χ4n) is 5.97. The number of furan rings is 4. The van der Waals surface area contributed by atoms with Gasteiger partial charge in [-0.3, -0.25) is 0 Å². The Morgan fingerprint density at radius 2 is 0.745 bits per heavy atom. The number of para-hydroxylation sites is 1. The van der Waals surface area contributed by atoms with E-state index in [1.54, 1.807) is 0 Å². The topological polar surface area (TPSA) is 52.6 Å². The van der Waals surface area contributed by atoms with Crippen LogP contribution in [0.1, 0.15) is 123 Å². The van der Waals surface area contributed by atoms with Gasteiger partial charge in [0.2, 0.25) is 0 Å². The van der Waals surface area contributed by atoms with Crippen molar-refractivity contribution in [2.75, 3.05) is 0 Å². The van der Waals surface area contributed by atoms with Crippen LogP contribution in [0.5, 0.6) is 0 Å². The maximum atomic E-state index is 5.81. The molecule has 0 N–H and O–H groups in total. The lowest BCUT2D eigenvalue weighted by Crippen LogP contribution is -2.08. The molecule has 0 fully saturated rings. The Labute approximate surface area is 328 Å². The highest BCUT2D eigenvalue weighted by Crippen LogP contribution is 2.32. The lowest BCUT2D eigenvalue weighted by Gasteiger charge is -2.13. The molecule has 4 nitrogen and oxygen atoms in total. The van der Waals surface area contributed by atoms with Crippen LogP contribution in [0.2, 0.25) is 0 Å². The van der Waals surface area contributed by atoms with E-state index in [0.29, 0.717) is 0 Å². The summed E-state index contributed by atoms with van der Waals surface area (Å²) in [6.07, 6.45) is 0. The van der Waals surface area contributed by atoms with Crippen LogP contribution in [0.15, 0.2) is 121 Å². The highest BCUT2D eigenvalue weighted by Gasteiger charge is 2.21. The molecule has 0 radical (unpaired) electrons. The first-order valence-corrected chi connectivity index (χ1v) is 19.5. The summed E-state index contributed by atoms with van der Waals surface area (Å²) < 4.78 is 23.1. The zero-order valence-electron chi connectivity index (χ0n) is 35.9. The van der Waals surface area contributed by atoms with Crippen LogP contribution in [-0.2, 0) is 21.7 Å². The molecule has 8 aromatic rings. The van der Waals surface area contributed by atoms with Gasteiger partial charge in [0.1, 0.15) is 45.4 Å². The molecule has 0 spiro atoms. The van der Waals surface area contributed by atoms with Gasteiger partial charge in [0.05, 0.1) is 0 Å². The molecule has 0 saturated carbocycles. The zero-order chi connectivity index (χ0) is 40.5. The third kappa shape index (κ3) is 10.4. The number of benzene rings is 4. The largest absolute Gasteiger partial charge is 0.461 e. The summed E-state index contributed by atoms with van der Waals surface area (Å²) in [6, 6.07) is 35.4. The smallest absolute Gasteiger partial charge is 0.134 e. The normalized spacial score (nSPS) is 12.3. The van der Waals surface area contributed by atoms with Gasteiger partial charge in [0.15, 0.2) is 0 Å². The van der Waals surface area contributed by atoms with Crippen molar-refractivity contribution in [2.24, 2.45) is 0 Å². The van der Waals surface area contributed by atoms with Crippen molar-refractivity contribution in [3.8, 4) is 0 Å². The van der Waals surface area contributed by atoms with E-state index in [1.165, 1.54) is 38.2 Å². The molecule has 0 amide bonds. The molecule has 0 unspecified atom stereocenters. The maximum Gasteiger partial charge on any atom is 0.134 e. The van der Waals surface area contributed by atoms with Gasteiger partial charge in [-0.05, 0) is 86.5 Å². The molecule has 290 valence electrons. The molecular formula is C51H62O4. The molecule has 0 atom stereocenters. The van der Waals surface area contributed by atoms with Gasteiger partial charge >= 0.3 is 0 Å². The predicted octanol–water partition coefficient (Wildman–Crippen LogP) is 15.8. The Balaban J connectivity index is 0.000000141. The van der Waals surface area contributed by atoms with E-state index in [-0.39, 0.29) is 21.7 Å². The number of hydrogen-bond donors (Lipinski definition) is 0. The van der Waals surface area contributed by atoms with Gasteiger partial charge in [-0.25, -0.2) is 0 Å². The van der Waals surface area contributed by atoms with Crippen molar-refractivity contribution in [3.05, 3.63) is 143 Å². The first kappa shape index (κ1) is 41.2. The van der Waals surface area contributed by atoms with Gasteiger partial charge in [-0.1, -0.05) is 137 Å². The lowest BCUT2D eigenvalue weighted by atomic mass is 9.93. The van der Waals surface area contributed by atoms with E-state index in [4.69, 9.17) is 17.7 Å². The van der Waals surface area contributed by atoms with Gasteiger partial charge in [0.25, 0.3) is 0 Å². The summed E-state index contributed by atoms with van der Waals surface area (Å²) in [4.78, 5) is 0. The van der Waals surface area contributed by atoms with Crippen LogP contribution in [0.3, 0.4) is 0 Å². The Hall–Kier alpha value is -4.96. The number of fused-ring (bicyclic) bond motifs is 4. The molecule has 4 heterocycles.